The molecular formula is C21H25N11O. The third kappa shape index (κ3) is 3.93. The van der Waals surface area contributed by atoms with Crippen LogP contribution in [0.5, 0.6) is 0 Å². The molecule has 0 bridgehead atoms. The van der Waals surface area contributed by atoms with Crippen LogP contribution in [0.15, 0.2) is 41.3 Å². The lowest BCUT2D eigenvalue weighted by molar-refractivity contribution is 0.0993. The summed E-state index contributed by atoms with van der Waals surface area (Å²) < 4.78 is 6.78. The maximum absolute atomic E-state index is 6.10. The summed E-state index contributed by atoms with van der Waals surface area (Å²) in [7, 11) is 0. The van der Waals surface area contributed by atoms with Gasteiger partial charge in [-0.15, -0.1) is 5.10 Å². The molecule has 6 rings (SSSR count). The lowest BCUT2D eigenvalue weighted by Crippen LogP contribution is -2.57. The molecule has 4 aromatic heterocycles. The van der Waals surface area contributed by atoms with Crippen LogP contribution in [-0.2, 0) is 0 Å². The van der Waals surface area contributed by atoms with Crippen LogP contribution >= 0.6 is 0 Å². The highest BCUT2D eigenvalue weighted by molar-refractivity contribution is 5.52. The molecule has 12 nitrogen and oxygen atoms in total. The van der Waals surface area contributed by atoms with Gasteiger partial charge >= 0.3 is 0 Å². The zero-order valence-electron chi connectivity index (χ0n) is 18.1. The van der Waals surface area contributed by atoms with Gasteiger partial charge in [0, 0.05) is 51.2 Å². The molecular weight excluding hydrogens is 422 g/mol. The predicted octanol–water partition coefficient (Wildman–Crippen LogP) is 1.16. The quantitative estimate of drug-likeness (QED) is 0.455. The third-order valence-electron chi connectivity index (χ3n) is 6.36. The van der Waals surface area contributed by atoms with E-state index in [1.54, 1.807) is 30.8 Å². The molecule has 2 atom stereocenters. The van der Waals surface area contributed by atoms with Crippen LogP contribution in [0.2, 0.25) is 0 Å². The van der Waals surface area contributed by atoms with Crippen molar-refractivity contribution in [1.82, 2.24) is 39.4 Å². The van der Waals surface area contributed by atoms with Gasteiger partial charge in [-0.2, -0.15) is 19.5 Å². The third-order valence-corrected chi connectivity index (χ3v) is 6.36. The second-order valence-electron chi connectivity index (χ2n) is 8.50. The average molecular weight is 448 g/mol. The van der Waals surface area contributed by atoms with Gasteiger partial charge in [0.1, 0.15) is 0 Å². The molecule has 2 aliphatic rings. The van der Waals surface area contributed by atoms with Crippen LogP contribution in [0.4, 0.5) is 17.8 Å². The number of anilines is 3. The molecule has 4 aromatic rings. The maximum Gasteiger partial charge on any atom is 0.259 e. The van der Waals surface area contributed by atoms with Crippen molar-refractivity contribution in [2.24, 2.45) is 5.92 Å². The lowest BCUT2D eigenvalue weighted by Gasteiger charge is -2.46. The average Bonchev–Trinajstić information content (AvgIpc) is 3.53. The molecule has 0 unspecified atom stereocenters. The van der Waals surface area contributed by atoms with Gasteiger partial charge < -0.3 is 20.4 Å². The Morgan fingerprint density at radius 1 is 1.06 bits per heavy atom. The number of aromatic nitrogens is 7. The molecule has 0 saturated carbocycles. The van der Waals surface area contributed by atoms with Crippen LogP contribution in [0.1, 0.15) is 12.8 Å². The van der Waals surface area contributed by atoms with E-state index in [0.717, 1.165) is 51.5 Å². The lowest BCUT2D eigenvalue weighted by atomic mass is 9.91. The Morgan fingerprint density at radius 2 is 1.97 bits per heavy atom. The number of piperazine rings is 1. The fourth-order valence-electron chi connectivity index (χ4n) is 4.69. The summed E-state index contributed by atoms with van der Waals surface area (Å²) in [6, 6.07) is 5.97. The van der Waals surface area contributed by atoms with Crippen molar-refractivity contribution in [3.05, 3.63) is 36.9 Å². The van der Waals surface area contributed by atoms with E-state index in [1.165, 1.54) is 4.52 Å². The summed E-state index contributed by atoms with van der Waals surface area (Å²) in [4.78, 5) is 27.0. The van der Waals surface area contributed by atoms with E-state index in [4.69, 9.17) is 10.2 Å². The first-order valence-electron chi connectivity index (χ1n) is 11.2. The highest BCUT2D eigenvalue weighted by atomic mass is 16.3. The Balaban J connectivity index is 1.08. The summed E-state index contributed by atoms with van der Waals surface area (Å²) in [6.07, 6.45) is 7.48. The van der Waals surface area contributed by atoms with Gasteiger partial charge in [-0.3, -0.25) is 4.90 Å². The number of hydrogen-bond acceptors (Lipinski definition) is 11. The normalized spacial score (nSPS) is 21.3. The van der Waals surface area contributed by atoms with Crippen molar-refractivity contribution in [3.63, 3.8) is 0 Å². The monoisotopic (exact) mass is 447 g/mol. The Kier molecular flexibility index (Phi) is 4.98. The van der Waals surface area contributed by atoms with Gasteiger partial charge in [0.25, 0.3) is 5.78 Å². The highest BCUT2D eigenvalue weighted by Gasteiger charge is 2.33. The second kappa shape index (κ2) is 8.28. The number of piperidine rings is 1. The predicted molar refractivity (Wildman–Crippen MR) is 122 cm³/mol. The van der Waals surface area contributed by atoms with Crippen LogP contribution < -0.4 is 16.0 Å². The van der Waals surface area contributed by atoms with Gasteiger partial charge in [0.05, 0.1) is 6.26 Å². The zero-order chi connectivity index (χ0) is 22.2. The maximum atomic E-state index is 6.10. The largest absolute Gasteiger partial charge is 0.461 e. The SMILES string of the molecule is Nc1nc(NC[C@@H]2CC[C@H]3CN(c4ncccn4)CCN3C2)nc2nc(-c3ccco3)nn12. The minimum absolute atomic E-state index is 0.232. The highest BCUT2D eigenvalue weighted by Crippen LogP contribution is 2.27. The fraction of sp³-hybridized carbons (Fsp3) is 0.429. The second-order valence-corrected chi connectivity index (χ2v) is 8.50. The van der Waals surface area contributed by atoms with Crippen LogP contribution in [-0.4, -0.2) is 78.2 Å². The molecule has 2 fully saturated rings. The summed E-state index contributed by atoms with van der Waals surface area (Å²) in [5.41, 5.74) is 6.10. The Labute approximate surface area is 189 Å². The van der Waals surface area contributed by atoms with Gasteiger partial charge in [-0.1, -0.05) is 0 Å². The summed E-state index contributed by atoms with van der Waals surface area (Å²) >= 11 is 0. The molecule has 2 saturated heterocycles. The molecule has 0 aliphatic carbocycles. The van der Waals surface area contributed by atoms with Crippen molar-refractivity contribution < 1.29 is 4.42 Å². The Bertz CT molecular complexity index is 1230. The minimum Gasteiger partial charge on any atom is -0.461 e. The Hall–Kier alpha value is -3.80. The molecule has 0 spiro atoms. The molecule has 170 valence electrons. The molecule has 0 radical (unpaired) electrons. The number of furan rings is 1. The van der Waals surface area contributed by atoms with E-state index in [-0.39, 0.29) is 5.95 Å². The van der Waals surface area contributed by atoms with Gasteiger partial charge in [0.15, 0.2) is 5.76 Å². The van der Waals surface area contributed by atoms with Gasteiger partial charge in [-0.05, 0) is 37.0 Å². The first-order chi connectivity index (χ1) is 16.2. The standard InChI is InChI=1S/C21H25N11O/c22-18-27-19(28-21-26-17(29-32(18)21)16-3-1-10-33-16)25-11-14-4-5-15-13-31(9-8-30(15)12-14)20-23-6-2-7-24-20/h1-3,6-7,10,14-15H,4-5,8-9,11-13H2,(H3,22,25,26,27,28,29)/t14-,15-/m0/s1. The molecule has 0 amide bonds. The van der Waals surface area contributed by atoms with E-state index in [2.05, 4.69) is 45.1 Å². The van der Waals surface area contributed by atoms with Crippen molar-refractivity contribution in [2.75, 3.05) is 48.7 Å². The molecule has 0 aromatic carbocycles. The van der Waals surface area contributed by atoms with Crippen LogP contribution in [0.3, 0.4) is 0 Å². The molecule has 6 heterocycles. The van der Waals surface area contributed by atoms with E-state index >= 15 is 0 Å². The fourth-order valence-corrected chi connectivity index (χ4v) is 4.69. The molecule has 33 heavy (non-hydrogen) atoms. The topological polar surface area (TPSA) is 139 Å². The van der Waals surface area contributed by atoms with E-state index in [1.807, 2.05) is 6.07 Å². The number of nitrogens with two attached hydrogens (primary N) is 1. The number of hydrogen-bond donors (Lipinski definition) is 2. The first-order valence-corrected chi connectivity index (χ1v) is 11.2. The van der Waals surface area contributed by atoms with Crippen molar-refractivity contribution in [1.29, 1.82) is 0 Å². The number of fused-ring (bicyclic) bond motifs is 2. The number of nitrogens with one attached hydrogen (secondary N) is 1. The summed E-state index contributed by atoms with van der Waals surface area (Å²) in [6.45, 7) is 4.77. The molecule has 12 heteroatoms. The summed E-state index contributed by atoms with van der Waals surface area (Å²) in [5, 5.41) is 7.69. The van der Waals surface area contributed by atoms with Gasteiger partial charge in [0.2, 0.25) is 23.7 Å². The zero-order valence-corrected chi connectivity index (χ0v) is 18.1. The van der Waals surface area contributed by atoms with Crippen LogP contribution in [0.25, 0.3) is 17.4 Å². The van der Waals surface area contributed by atoms with E-state index in [0.29, 0.717) is 35.3 Å². The number of nitrogens with zero attached hydrogens (tertiary/aromatic N) is 9. The van der Waals surface area contributed by atoms with Crippen molar-refractivity contribution in [3.8, 4) is 11.6 Å². The van der Waals surface area contributed by atoms with Crippen LogP contribution in [0, 0.1) is 5.92 Å². The van der Waals surface area contributed by atoms with Crippen molar-refractivity contribution in [2.45, 2.75) is 18.9 Å². The van der Waals surface area contributed by atoms with Crippen molar-refractivity contribution >= 4 is 23.6 Å². The molecule has 2 aliphatic heterocycles. The first kappa shape index (κ1) is 19.9. The number of nitrogen functional groups attached to an aromatic ring is 1. The van der Waals surface area contributed by atoms with E-state index in [9.17, 15) is 0 Å². The smallest absolute Gasteiger partial charge is 0.259 e. The van der Waals surface area contributed by atoms with Gasteiger partial charge in [-0.25, -0.2) is 9.97 Å². The number of rotatable bonds is 5. The van der Waals surface area contributed by atoms with E-state index < -0.39 is 0 Å². The molecule has 3 N–H and O–H groups in total. The summed E-state index contributed by atoms with van der Waals surface area (Å²) in [5.74, 6) is 3.41. The Morgan fingerprint density at radius 3 is 2.82 bits per heavy atom. The minimum atomic E-state index is 0.232.